The summed E-state index contributed by atoms with van der Waals surface area (Å²) in [5.41, 5.74) is -0.337. The van der Waals surface area contributed by atoms with Crippen LogP contribution in [0.3, 0.4) is 0 Å². The van der Waals surface area contributed by atoms with Crippen molar-refractivity contribution in [3.8, 4) is 5.75 Å². The van der Waals surface area contributed by atoms with Crippen molar-refractivity contribution in [2.45, 2.75) is 24.5 Å². The van der Waals surface area contributed by atoms with E-state index < -0.39 is 104 Å². The molecule has 0 saturated heterocycles. The molecule has 1 saturated carbocycles. The van der Waals surface area contributed by atoms with Crippen LogP contribution in [0.5, 0.6) is 5.75 Å². The van der Waals surface area contributed by atoms with Gasteiger partial charge in [0.25, 0.3) is 5.91 Å². The molecule has 0 heterocycles. The van der Waals surface area contributed by atoms with Gasteiger partial charge in [0.05, 0.1) is 17.2 Å². The summed E-state index contributed by atoms with van der Waals surface area (Å²) in [6, 6.07) is 0.981. The molecule has 3 aliphatic carbocycles. The Morgan fingerprint density at radius 1 is 0.977 bits per heavy atom. The van der Waals surface area contributed by atoms with Crippen LogP contribution in [0.2, 0.25) is 0 Å². The smallest absolute Gasteiger partial charge is 0.255 e. The Labute approximate surface area is 239 Å². The number of primary amides is 1. The molecule has 0 radical (unpaired) electrons. The molecule has 5 rings (SSSR count). The molecule has 4 unspecified atom stereocenters. The van der Waals surface area contributed by atoms with Gasteiger partial charge in [0.1, 0.15) is 22.8 Å². The highest BCUT2D eigenvalue weighted by Gasteiger charge is 2.64. The summed E-state index contributed by atoms with van der Waals surface area (Å²) in [5, 5.41) is 44.3. The maximum absolute atomic E-state index is 14.3. The number of fused-ring (bicyclic) bond motifs is 3. The van der Waals surface area contributed by atoms with Crippen LogP contribution in [0.4, 0.5) is 22.0 Å². The van der Waals surface area contributed by atoms with E-state index in [1.165, 1.54) is 25.1 Å². The fourth-order valence-electron chi connectivity index (χ4n) is 6.37. The van der Waals surface area contributed by atoms with Gasteiger partial charge in [-0.1, -0.05) is 12.1 Å². The van der Waals surface area contributed by atoms with Crippen LogP contribution in [0.25, 0.3) is 17.9 Å². The van der Waals surface area contributed by atoms with Gasteiger partial charge in [0.2, 0.25) is 11.6 Å². The molecule has 0 bridgehead atoms. The van der Waals surface area contributed by atoms with Crippen LogP contribution in [0.15, 0.2) is 29.0 Å². The van der Waals surface area contributed by atoms with Gasteiger partial charge in [-0.2, -0.15) is 0 Å². The number of hydrogen-bond donors (Lipinski definition) is 5. The van der Waals surface area contributed by atoms with Gasteiger partial charge in [-0.15, -0.1) is 0 Å². The lowest BCUT2D eigenvalue weighted by Gasteiger charge is -2.50. The Balaban J connectivity index is 1.68. The van der Waals surface area contributed by atoms with Crippen LogP contribution in [-0.2, 0) is 20.8 Å². The summed E-state index contributed by atoms with van der Waals surface area (Å²) in [4.78, 5) is 40.4. The average molecular weight is 606 g/mol. The molecule has 0 spiro atoms. The number of hydrogen-bond acceptors (Lipinski definition) is 8. The first-order valence-electron chi connectivity index (χ1n) is 12.7. The summed E-state index contributed by atoms with van der Waals surface area (Å²) in [5.74, 6) is -19.3. The molecule has 0 aromatic heterocycles. The monoisotopic (exact) mass is 606 g/mol. The number of aliphatic hydroxyl groups is 3. The number of ketones is 2. The zero-order chi connectivity index (χ0) is 31.9. The van der Waals surface area contributed by atoms with Crippen LogP contribution in [-0.4, -0.2) is 68.5 Å². The number of carbonyl (C=O) groups excluding carboxylic acids is 3. The van der Waals surface area contributed by atoms with Crippen LogP contribution < -0.4 is 5.73 Å². The van der Waals surface area contributed by atoms with E-state index in [1.807, 2.05) is 0 Å². The minimum atomic E-state index is -2.84. The van der Waals surface area contributed by atoms with E-state index >= 15 is 0 Å². The highest BCUT2D eigenvalue weighted by atomic mass is 19.2. The van der Waals surface area contributed by atoms with E-state index in [0.29, 0.717) is 6.08 Å². The van der Waals surface area contributed by atoms with Gasteiger partial charge < -0.3 is 26.2 Å². The van der Waals surface area contributed by atoms with Gasteiger partial charge in [-0.05, 0) is 56.1 Å². The minimum Gasteiger partial charge on any atom is -0.508 e. The molecule has 14 heteroatoms. The maximum atomic E-state index is 14.3. The van der Waals surface area contributed by atoms with Gasteiger partial charge in [-0.3, -0.25) is 19.3 Å². The number of phenolic OH excluding ortho intramolecular Hbond substituents is 1. The minimum absolute atomic E-state index is 0.0678. The highest BCUT2D eigenvalue weighted by molar-refractivity contribution is 6.24. The summed E-state index contributed by atoms with van der Waals surface area (Å²) in [6.07, 6.45) is 1.23. The summed E-state index contributed by atoms with van der Waals surface area (Å²) >= 11 is 0. The van der Waals surface area contributed by atoms with Gasteiger partial charge >= 0.3 is 0 Å². The van der Waals surface area contributed by atoms with E-state index in [1.54, 1.807) is 0 Å². The summed E-state index contributed by atoms with van der Waals surface area (Å²) < 4.78 is 69.4. The number of carbonyl (C=O) groups is 3. The predicted octanol–water partition coefficient (Wildman–Crippen LogP) is 2.83. The number of phenols is 1. The number of nitrogens with two attached hydrogens (primary N) is 1. The Hall–Kier alpha value is -4.56. The number of halogens is 5. The largest absolute Gasteiger partial charge is 0.508 e. The lowest BCUT2D eigenvalue weighted by molar-refractivity contribution is -0.153. The second-order valence-corrected chi connectivity index (χ2v) is 10.8. The third kappa shape index (κ3) is 4.07. The Morgan fingerprint density at radius 3 is 2.12 bits per heavy atom. The molecule has 1 amide bonds. The van der Waals surface area contributed by atoms with Crippen molar-refractivity contribution < 1.29 is 56.8 Å². The molecule has 1 fully saturated rings. The number of amides is 1. The predicted molar refractivity (Wildman–Crippen MR) is 139 cm³/mol. The number of aromatic hydroxyl groups is 1. The Bertz CT molecular complexity index is 1720. The SMILES string of the molecule is CN(C)C1C(=O)C(C(N)=O)=C(O)C2(O)C(=O)C3=C(O)c4c(O)ccc(/C=C/c5c(F)c(F)c(F)c(F)c5F)c4CC3CC12. The third-order valence-electron chi connectivity index (χ3n) is 8.31. The van der Waals surface area contributed by atoms with E-state index in [2.05, 4.69) is 0 Å². The molecular formula is C29H23F5N2O7. The zero-order valence-corrected chi connectivity index (χ0v) is 22.4. The second kappa shape index (κ2) is 10.0. The summed E-state index contributed by atoms with van der Waals surface area (Å²) in [6.45, 7) is 0. The van der Waals surface area contributed by atoms with Crippen LogP contribution in [0.1, 0.15) is 28.7 Å². The normalized spacial score (nSPS) is 25.4. The number of likely N-dealkylation sites (N-methyl/N-ethyl adjacent to an activating group) is 1. The number of benzene rings is 2. The molecule has 2 aromatic rings. The first kappa shape index (κ1) is 29.9. The van der Waals surface area contributed by atoms with E-state index in [0.717, 1.165) is 12.1 Å². The Morgan fingerprint density at radius 2 is 1.56 bits per heavy atom. The van der Waals surface area contributed by atoms with Crippen molar-refractivity contribution in [1.82, 2.24) is 4.90 Å². The zero-order valence-electron chi connectivity index (χ0n) is 22.4. The van der Waals surface area contributed by atoms with Crippen molar-refractivity contribution >= 4 is 35.4 Å². The number of rotatable bonds is 4. The number of aliphatic hydroxyl groups excluding tert-OH is 2. The van der Waals surface area contributed by atoms with E-state index in [9.17, 15) is 56.8 Å². The van der Waals surface area contributed by atoms with Crippen molar-refractivity contribution in [1.29, 1.82) is 0 Å². The van der Waals surface area contributed by atoms with Crippen molar-refractivity contribution in [2.75, 3.05) is 14.1 Å². The molecule has 43 heavy (non-hydrogen) atoms. The maximum Gasteiger partial charge on any atom is 0.255 e. The van der Waals surface area contributed by atoms with Crippen molar-refractivity contribution in [2.24, 2.45) is 17.6 Å². The summed E-state index contributed by atoms with van der Waals surface area (Å²) in [7, 11) is 2.88. The quantitative estimate of drug-likeness (QED) is 0.117. The highest BCUT2D eigenvalue weighted by Crippen LogP contribution is 2.53. The standard InChI is InChI=1S/C29H23F5N2O7/c1-36(2)23-13-8-10-7-12-9(3-5-11-18(30)20(32)22(34)21(33)19(11)31)4-6-14(37)16(12)24(38)15(10)26(40)29(13,43)27(41)17(25(23)39)28(35)42/h3-6,10,13,23,37-38,41,43H,7-8H2,1-2H3,(H2,35,42)/b5-3+. The topological polar surface area (TPSA) is 161 Å². The lowest BCUT2D eigenvalue weighted by atomic mass is 9.57. The fraction of sp³-hybridized carbons (Fsp3) is 0.276. The molecule has 4 atom stereocenters. The molecule has 9 nitrogen and oxygen atoms in total. The Kier molecular flexibility index (Phi) is 6.97. The van der Waals surface area contributed by atoms with Crippen LogP contribution >= 0.6 is 0 Å². The molecule has 0 aliphatic heterocycles. The number of Topliss-reactive ketones (excluding diaryl/α,β-unsaturated/α-hetero) is 2. The van der Waals surface area contributed by atoms with Crippen molar-refractivity contribution in [3.05, 3.63) is 80.4 Å². The molecular weight excluding hydrogens is 583 g/mol. The van der Waals surface area contributed by atoms with Crippen molar-refractivity contribution in [3.63, 3.8) is 0 Å². The van der Waals surface area contributed by atoms with E-state index in [4.69, 9.17) is 5.73 Å². The molecule has 6 N–H and O–H groups in total. The first-order chi connectivity index (χ1) is 20.0. The van der Waals surface area contributed by atoms with Gasteiger partial charge in [0, 0.05) is 11.5 Å². The van der Waals surface area contributed by atoms with Crippen LogP contribution in [0, 0.1) is 40.9 Å². The lowest BCUT2D eigenvalue weighted by Crippen LogP contribution is -2.65. The van der Waals surface area contributed by atoms with Gasteiger partial charge in [-0.25, -0.2) is 22.0 Å². The first-order valence-corrected chi connectivity index (χ1v) is 12.7. The third-order valence-corrected chi connectivity index (χ3v) is 8.31. The van der Waals surface area contributed by atoms with Gasteiger partial charge in [0.15, 0.2) is 34.7 Å². The second-order valence-electron chi connectivity index (χ2n) is 10.8. The fourth-order valence-corrected chi connectivity index (χ4v) is 6.37. The number of nitrogens with zero attached hydrogens (tertiary/aromatic N) is 1. The average Bonchev–Trinajstić information content (AvgIpc) is 2.93. The molecule has 3 aliphatic rings. The molecule has 226 valence electrons. The van der Waals surface area contributed by atoms with E-state index in [-0.39, 0.29) is 29.5 Å². The molecule has 2 aromatic carbocycles.